The minimum absolute atomic E-state index is 0.0604. The molecule has 1 heterocycles. The lowest BCUT2D eigenvalue weighted by Gasteiger charge is -2.07. The first kappa shape index (κ1) is 11.9. The molecule has 15 heavy (non-hydrogen) atoms. The van der Waals surface area contributed by atoms with Gasteiger partial charge in [0, 0.05) is 13.7 Å². The van der Waals surface area contributed by atoms with Crippen LogP contribution in [-0.2, 0) is 4.79 Å². The molecule has 0 spiro atoms. The van der Waals surface area contributed by atoms with Gasteiger partial charge in [0.1, 0.15) is 6.29 Å². The molecular weight excluding hydrogens is 190 g/mol. The smallest absolute Gasteiger partial charge is 0.136 e. The number of nitrogens with one attached hydrogen (secondary N) is 1. The van der Waals surface area contributed by atoms with E-state index in [1.54, 1.807) is 0 Å². The van der Waals surface area contributed by atoms with Gasteiger partial charge in [0.2, 0.25) is 0 Å². The van der Waals surface area contributed by atoms with E-state index < -0.39 is 0 Å². The molecule has 2 N–H and O–H groups in total. The summed E-state index contributed by atoms with van der Waals surface area (Å²) in [4.78, 5) is 10.5. The summed E-state index contributed by atoms with van der Waals surface area (Å²) in [6.07, 6.45) is 1.94. The predicted octanol–water partition coefficient (Wildman–Crippen LogP) is 0.940. The highest BCUT2D eigenvalue weighted by Gasteiger charge is 2.24. The van der Waals surface area contributed by atoms with E-state index in [4.69, 9.17) is 5.11 Å². The standard InChI is InChI=1S/C11H13NO.CH4O/c13-8-11-6-10(7-12-11)9-4-2-1-3-5-9;1-2/h1-5,8,10-12H,6-7H2;2H,1H3. The minimum Gasteiger partial charge on any atom is -0.400 e. The molecule has 2 rings (SSSR count). The van der Waals surface area contributed by atoms with Crippen molar-refractivity contribution in [3.05, 3.63) is 35.9 Å². The summed E-state index contributed by atoms with van der Waals surface area (Å²) in [5.74, 6) is 0.511. The largest absolute Gasteiger partial charge is 0.400 e. The van der Waals surface area contributed by atoms with Crippen molar-refractivity contribution in [1.82, 2.24) is 5.32 Å². The van der Waals surface area contributed by atoms with Crippen molar-refractivity contribution < 1.29 is 9.90 Å². The molecule has 1 aromatic carbocycles. The molecule has 1 fully saturated rings. The Labute approximate surface area is 90.1 Å². The van der Waals surface area contributed by atoms with Crippen molar-refractivity contribution in [2.75, 3.05) is 13.7 Å². The molecule has 82 valence electrons. The Morgan fingerprint density at radius 3 is 2.53 bits per heavy atom. The average Bonchev–Trinajstić information content (AvgIpc) is 2.81. The van der Waals surface area contributed by atoms with Crippen LogP contribution in [0.4, 0.5) is 0 Å². The Bertz CT molecular complexity index is 287. The van der Waals surface area contributed by atoms with Crippen LogP contribution >= 0.6 is 0 Å². The molecule has 0 bridgehead atoms. The van der Waals surface area contributed by atoms with Gasteiger partial charge >= 0.3 is 0 Å². The molecule has 2 unspecified atom stereocenters. The van der Waals surface area contributed by atoms with Gasteiger partial charge in [-0.2, -0.15) is 0 Å². The van der Waals surface area contributed by atoms with Gasteiger partial charge < -0.3 is 15.2 Å². The van der Waals surface area contributed by atoms with Crippen LogP contribution in [0.15, 0.2) is 30.3 Å². The number of carbonyl (C=O) groups is 1. The van der Waals surface area contributed by atoms with Gasteiger partial charge in [-0.3, -0.25) is 0 Å². The van der Waals surface area contributed by atoms with E-state index in [0.29, 0.717) is 5.92 Å². The summed E-state index contributed by atoms with van der Waals surface area (Å²) < 4.78 is 0. The molecular formula is C12H17NO2. The highest BCUT2D eigenvalue weighted by Crippen LogP contribution is 2.24. The molecule has 0 radical (unpaired) electrons. The molecule has 1 aliphatic heterocycles. The van der Waals surface area contributed by atoms with Crippen molar-refractivity contribution in [2.24, 2.45) is 0 Å². The lowest BCUT2D eigenvalue weighted by atomic mass is 9.97. The van der Waals surface area contributed by atoms with Crippen LogP contribution in [0.1, 0.15) is 17.9 Å². The molecule has 3 nitrogen and oxygen atoms in total. The Kier molecular flexibility index (Phi) is 5.01. The van der Waals surface area contributed by atoms with E-state index >= 15 is 0 Å². The first-order chi connectivity index (χ1) is 7.40. The lowest BCUT2D eigenvalue weighted by Crippen LogP contribution is -2.22. The van der Waals surface area contributed by atoms with Gasteiger partial charge in [-0.1, -0.05) is 30.3 Å². The molecule has 2 atom stereocenters. The van der Waals surface area contributed by atoms with Crippen LogP contribution in [0.2, 0.25) is 0 Å². The highest BCUT2D eigenvalue weighted by atomic mass is 16.2. The zero-order chi connectivity index (χ0) is 11.1. The monoisotopic (exact) mass is 207 g/mol. The summed E-state index contributed by atoms with van der Waals surface area (Å²) >= 11 is 0. The Balaban J connectivity index is 0.000000531. The number of benzene rings is 1. The SMILES string of the molecule is CO.O=CC1CC(c2ccccc2)CN1. The molecule has 3 heteroatoms. The fourth-order valence-electron chi connectivity index (χ4n) is 1.85. The zero-order valence-corrected chi connectivity index (χ0v) is 8.89. The van der Waals surface area contributed by atoms with Crippen molar-refractivity contribution in [3.8, 4) is 0 Å². The Hall–Kier alpha value is -1.19. The van der Waals surface area contributed by atoms with Crippen LogP contribution in [-0.4, -0.2) is 31.1 Å². The van der Waals surface area contributed by atoms with Gasteiger partial charge in [-0.05, 0) is 17.9 Å². The van der Waals surface area contributed by atoms with Gasteiger partial charge in [0.15, 0.2) is 0 Å². The first-order valence-electron chi connectivity index (χ1n) is 5.08. The van der Waals surface area contributed by atoms with E-state index in [1.807, 2.05) is 18.2 Å². The maximum absolute atomic E-state index is 10.5. The minimum atomic E-state index is 0.0604. The van der Waals surface area contributed by atoms with Crippen LogP contribution in [0.25, 0.3) is 0 Å². The molecule has 0 saturated carbocycles. The van der Waals surface area contributed by atoms with Crippen molar-refractivity contribution in [1.29, 1.82) is 0 Å². The molecule has 0 aliphatic carbocycles. The number of aliphatic hydroxyl groups excluding tert-OH is 1. The number of carbonyl (C=O) groups excluding carboxylic acids is 1. The zero-order valence-electron chi connectivity index (χ0n) is 8.89. The molecule has 1 saturated heterocycles. The lowest BCUT2D eigenvalue weighted by molar-refractivity contribution is -0.109. The van der Waals surface area contributed by atoms with Crippen molar-refractivity contribution in [2.45, 2.75) is 18.4 Å². The van der Waals surface area contributed by atoms with E-state index in [-0.39, 0.29) is 6.04 Å². The van der Waals surface area contributed by atoms with Gasteiger partial charge in [-0.15, -0.1) is 0 Å². The van der Waals surface area contributed by atoms with Crippen LogP contribution < -0.4 is 5.32 Å². The first-order valence-corrected chi connectivity index (χ1v) is 5.08. The van der Waals surface area contributed by atoms with E-state index in [1.165, 1.54) is 5.56 Å². The topological polar surface area (TPSA) is 49.3 Å². The summed E-state index contributed by atoms with van der Waals surface area (Å²) in [5, 5.41) is 10.2. The fourth-order valence-corrected chi connectivity index (χ4v) is 1.85. The fraction of sp³-hybridized carbons (Fsp3) is 0.417. The van der Waals surface area contributed by atoms with Crippen LogP contribution in [0.5, 0.6) is 0 Å². The second-order valence-electron chi connectivity index (χ2n) is 3.49. The van der Waals surface area contributed by atoms with Gasteiger partial charge in [0.05, 0.1) is 6.04 Å². The molecule has 1 aliphatic rings. The number of aliphatic hydroxyl groups is 1. The van der Waals surface area contributed by atoms with E-state index in [0.717, 1.165) is 26.4 Å². The average molecular weight is 207 g/mol. The van der Waals surface area contributed by atoms with Crippen LogP contribution in [0.3, 0.4) is 0 Å². The third-order valence-corrected chi connectivity index (χ3v) is 2.60. The summed E-state index contributed by atoms with van der Waals surface area (Å²) in [6.45, 7) is 0.924. The molecule has 1 aromatic rings. The predicted molar refractivity (Wildman–Crippen MR) is 59.8 cm³/mol. The number of aldehydes is 1. The Morgan fingerprint density at radius 1 is 1.33 bits per heavy atom. The summed E-state index contributed by atoms with van der Waals surface area (Å²) in [7, 11) is 1.00. The maximum atomic E-state index is 10.5. The number of hydrogen-bond donors (Lipinski definition) is 2. The summed E-state index contributed by atoms with van der Waals surface area (Å²) in [5.41, 5.74) is 1.33. The Morgan fingerprint density at radius 2 is 2.00 bits per heavy atom. The van der Waals surface area contributed by atoms with E-state index in [2.05, 4.69) is 17.4 Å². The van der Waals surface area contributed by atoms with Crippen molar-refractivity contribution in [3.63, 3.8) is 0 Å². The van der Waals surface area contributed by atoms with E-state index in [9.17, 15) is 4.79 Å². The third-order valence-electron chi connectivity index (χ3n) is 2.60. The second kappa shape index (κ2) is 6.32. The number of rotatable bonds is 2. The van der Waals surface area contributed by atoms with Gasteiger partial charge in [0.25, 0.3) is 0 Å². The maximum Gasteiger partial charge on any atom is 0.136 e. The van der Waals surface area contributed by atoms with Gasteiger partial charge in [-0.25, -0.2) is 0 Å². The third kappa shape index (κ3) is 3.15. The van der Waals surface area contributed by atoms with Crippen molar-refractivity contribution >= 4 is 6.29 Å². The van der Waals surface area contributed by atoms with Crippen LogP contribution in [0, 0.1) is 0 Å². The normalized spacial score (nSPS) is 24.1. The highest BCUT2D eigenvalue weighted by molar-refractivity contribution is 5.58. The number of hydrogen-bond acceptors (Lipinski definition) is 3. The molecule has 0 amide bonds. The summed E-state index contributed by atoms with van der Waals surface area (Å²) in [6, 6.07) is 10.4. The molecule has 0 aromatic heterocycles. The quantitative estimate of drug-likeness (QED) is 0.710. The second-order valence-corrected chi connectivity index (χ2v) is 3.49.